The number of aliphatic carboxylic acids is 1. The van der Waals surface area contributed by atoms with E-state index in [1.807, 2.05) is 6.92 Å². The van der Waals surface area contributed by atoms with Crippen LogP contribution in [0.25, 0.3) is 0 Å². The lowest BCUT2D eigenvalue weighted by molar-refractivity contribution is -0.142. The Morgan fingerprint density at radius 1 is 1.33 bits per heavy atom. The molecule has 1 fully saturated rings. The molecule has 21 heavy (non-hydrogen) atoms. The van der Waals surface area contributed by atoms with E-state index in [0.29, 0.717) is 25.2 Å². The van der Waals surface area contributed by atoms with Crippen molar-refractivity contribution in [2.24, 2.45) is 0 Å². The standard InChI is InChI=1S/C14H19NO5S/c1-2-20-11-6-8-12(9-7-11)21(18,19)15-10-4-3-5-13(15)14(16)17/h6-9,13H,2-5,10H2,1H3,(H,16,17). The summed E-state index contributed by atoms with van der Waals surface area (Å²) in [6.45, 7) is 2.58. The maximum atomic E-state index is 12.6. The van der Waals surface area contributed by atoms with Gasteiger partial charge in [-0.15, -0.1) is 0 Å². The third-order valence-corrected chi connectivity index (χ3v) is 5.40. The van der Waals surface area contributed by atoms with Crippen molar-refractivity contribution in [1.82, 2.24) is 4.31 Å². The zero-order valence-electron chi connectivity index (χ0n) is 11.9. The zero-order chi connectivity index (χ0) is 15.5. The molecule has 0 radical (unpaired) electrons. The number of carboxylic acids is 1. The van der Waals surface area contributed by atoms with Gasteiger partial charge in [0.2, 0.25) is 10.0 Å². The van der Waals surface area contributed by atoms with E-state index in [4.69, 9.17) is 4.74 Å². The third kappa shape index (κ3) is 3.36. The van der Waals surface area contributed by atoms with Crippen LogP contribution in [0.4, 0.5) is 0 Å². The normalized spacial score (nSPS) is 20.1. The first-order chi connectivity index (χ1) is 9.96. The Morgan fingerprint density at radius 2 is 2.00 bits per heavy atom. The molecule has 1 saturated heterocycles. The Kier molecular flexibility index (Phi) is 4.84. The third-order valence-electron chi connectivity index (χ3n) is 3.48. The van der Waals surface area contributed by atoms with Crippen LogP contribution in [0.15, 0.2) is 29.2 Å². The molecular formula is C14H19NO5S. The highest BCUT2D eigenvalue weighted by atomic mass is 32.2. The van der Waals surface area contributed by atoms with Crippen LogP contribution in [0.3, 0.4) is 0 Å². The van der Waals surface area contributed by atoms with Gasteiger partial charge in [-0.1, -0.05) is 0 Å². The van der Waals surface area contributed by atoms with Crippen molar-refractivity contribution in [2.75, 3.05) is 13.2 Å². The van der Waals surface area contributed by atoms with Crippen LogP contribution in [0.5, 0.6) is 5.75 Å². The fourth-order valence-corrected chi connectivity index (χ4v) is 4.10. The quantitative estimate of drug-likeness (QED) is 0.894. The van der Waals surface area contributed by atoms with Crippen molar-refractivity contribution >= 4 is 16.0 Å². The van der Waals surface area contributed by atoms with Gasteiger partial charge in [-0.25, -0.2) is 8.42 Å². The largest absolute Gasteiger partial charge is 0.494 e. The number of ether oxygens (including phenoxy) is 1. The molecule has 1 unspecified atom stereocenters. The molecule has 1 aromatic carbocycles. The fourth-order valence-electron chi connectivity index (χ4n) is 2.45. The maximum Gasteiger partial charge on any atom is 0.322 e. The van der Waals surface area contributed by atoms with E-state index in [2.05, 4.69) is 0 Å². The van der Waals surface area contributed by atoms with Gasteiger partial charge >= 0.3 is 5.97 Å². The molecule has 116 valence electrons. The minimum atomic E-state index is -3.79. The molecule has 1 aliphatic rings. The molecule has 1 atom stereocenters. The second kappa shape index (κ2) is 6.44. The topological polar surface area (TPSA) is 83.9 Å². The van der Waals surface area contributed by atoms with Gasteiger partial charge in [-0.05, 0) is 50.5 Å². The van der Waals surface area contributed by atoms with Gasteiger partial charge in [-0.3, -0.25) is 4.79 Å². The highest BCUT2D eigenvalue weighted by molar-refractivity contribution is 7.89. The van der Waals surface area contributed by atoms with Gasteiger partial charge in [0.1, 0.15) is 11.8 Å². The van der Waals surface area contributed by atoms with Gasteiger partial charge in [0.25, 0.3) is 0 Å². The molecule has 0 aromatic heterocycles. The van der Waals surface area contributed by atoms with E-state index >= 15 is 0 Å². The molecule has 1 heterocycles. The summed E-state index contributed by atoms with van der Waals surface area (Å²) in [5.41, 5.74) is 0. The first-order valence-corrected chi connectivity index (χ1v) is 8.38. The van der Waals surface area contributed by atoms with Crippen molar-refractivity contribution in [2.45, 2.75) is 37.1 Å². The summed E-state index contributed by atoms with van der Waals surface area (Å²) in [5.74, 6) is -0.505. The van der Waals surface area contributed by atoms with Crippen LogP contribution >= 0.6 is 0 Å². The van der Waals surface area contributed by atoms with E-state index in [0.717, 1.165) is 10.7 Å². The number of benzene rings is 1. The lowest BCUT2D eigenvalue weighted by Crippen LogP contribution is -2.47. The van der Waals surface area contributed by atoms with Crippen LogP contribution in [-0.2, 0) is 14.8 Å². The average molecular weight is 313 g/mol. The summed E-state index contributed by atoms with van der Waals surface area (Å²) in [7, 11) is -3.79. The van der Waals surface area contributed by atoms with Gasteiger partial charge in [0, 0.05) is 6.54 Å². The number of hydrogen-bond acceptors (Lipinski definition) is 4. The van der Waals surface area contributed by atoms with Crippen molar-refractivity contribution in [1.29, 1.82) is 0 Å². The van der Waals surface area contributed by atoms with Crippen molar-refractivity contribution in [3.05, 3.63) is 24.3 Å². The monoisotopic (exact) mass is 313 g/mol. The molecule has 0 spiro atoms. The van der Waals surface area contributed by atoms with Crippen molar-refractivity contribution < 1.29 is 23.1 Å². The molecule has 6 nitrogen and oxygen atoms in total. The van der Waals surface area contributed by atoms with Crippen LogP contribution in [0.2, 0.25) is 0 Å². The number of carbonyl (C=O) groups is 1. The van der Waals surface area contributed by atoms with E-state index in [1.54, 1.807) is 12.1 Å². The number of carboxylic acid groups (broad SMARTS) is 1. The van der Waals surface area contributed by atoms with Gasteiger partial charge in [0.15, 0.2) is 0 Å². The first-order valence-electron chi connectivity index (χ1n) is 6.94. The van der Waals surface area contributed by atoms with E-state index in [-0.39, 0.29) is 11.4 Å². The molecule has 1 aromatic rings. The average Bonchev–Trinajstić information content (AvgIpc) is 2.48. The molecule has 1 N–H and O–H groups in total. The van der Waals surface area contributed by atoms with E-state index in [1.165, 1.54) is 12.1 Å². The van der Waals surface area contributed by atoms with E-state index < -0.39 is 22.0 Å². The van der Waals surface area contributed by atoms with Gasteiger partial charge < -0.3 is 9.84 Å². The lowest BCUT2D eigenvalue weighted by Gasteiger charge is -2.31. The van der Waals surface area contributed by atoms with Gasteiger partial charge in [0.05, 0.1) is 11.5 Å². The lowest BCUT2D eigenvalue weighted by atomic mass is 10.1. The highest BCUT2D eigenvalue weighted by Gasteiger charge is 2.37. The minimum Gasteiger partial charge on any atom is -0.494 e. The Bertz CT molecular complexity index is 596. The summed E-state index contributed by atoms with van der Waals surface area (Å²) in [6.07, 6.45) is 1.76. The summed E-state index contributed by atoms with van der Waals surface area (Å²) >= 11 is 0. The SMILES string of the molecule is CCOc1ccc(S(=O)(=O)N2CCCCC2C(=O)O)cc1. The summed E-state index contributed by atoms with van der Waals surface area (Å²) in [4.78, 5) is 11.4. The summed E-state index contributed by atoms with van der Waals surface area (Å²) in [6, 6.07) is 5.09. The van der Waals surface area contributed by atoms with Crippen molar-refractivity contribution in [3.63, 3.8) is 0 Å². The Hall–Kier alpha value is -1.60. The van der Waals surface area contributed by atoms with Crippen LogP contribution < -0.4 is 4.74 Å². The number of hydrogen-bond donors (Lipinski definition) is 1. The molecule has 7 heteroatoms. The second-order valence-corrected chi connectivity index (χ2v) is 6.76. The molecule has 0 saturated carbocycles. The number of piperidine rings is 1. The maximum absolute atomic E-state index is 12.6. The second-order valence-electron chi connectivity index (χ2n) is 4.87. The predicted molar refractivity (Wildman–Crippen MR) is 76.8 cm³/mol. The predicted octanol–water partition coefficient (Wildman–Crippen LogP) is 1.71. The summed E-state index contributed by atoms with van der Waals surface area (Å²) < 4.78 is 31.6. The molecule has 0 amide bonds. The summed E-state index contributed by atoms with van der Waals surface area (Å²) in [5, 5.41) is 9.21. The Labute approximate surface area is 124 Å². The number of nitrogens with zero attached hydrogens (tertiary/aromatic N) is 1. The Morgan fingerprint density at radius 3 is 2.57 bits per heavy atom. The Balaban J connectivity index is 2.29. The fraction of sp³-hybridized carbons (Fsp3) is 0.500. The van der Waals surface area contributed by atoms with Crippen LogP contribution in [0.1, 0.15) is 26.2 Å². The number of rotatable bonds is 5. The molecular weight excluding hydrogens is 294 g/mol. The van der Waals surface area contributed by atoms with Gasteiger partial charge in [-0.2, -0.15) is 4.31 Å². The first kappa shape index (κ1) is 15.8. The molecule has 1 aliphatic heterocycles. The molecule has 0 bridgehead atoms. The minimum absolute atomic E-state index is 0.0964. The molecule has 2 rings (SSSR count). The van der Waals surface area contributed by atoms with Crippen molar-refractivity contribution in [3.8, 4) is 5.75 Å². The zero-order valence-corrected chi connectivity index (χ0v) is 12.7. The smallest absolute Gasteiger partial charge is 0.322 e. The van der Waals surface area contributed by atoms with E-state index in [9.17, 15) is 18.3 Å². The van der Waals surface area contributed by atoms with Crippen LogP contribution in [-0.4, -0.2) is 43.0 Å². The number of sulfonamides is 1. The highest BCUT2D eigenvalue weighted by Crippen LogP contribution is 2.26. The molecule has 0 aliphatic carbocycles. The van der Waals surface area contributed by atoms with Crippen LogP contribution in [0, 0.1) is 0 Å².